The quantitative estimate of drug-likeness (QED) is 0.761. The summed E-state index contributed by atoms with van der Waals surface area (Å²) < 4.78 is 0. The molecule has 1 aromatic heterocycles. The number of hydrogen-bond donors (Lipinski definition) is 2. The molecule has 2 aromatic rings. The van der Waals surface area contributed by atoms with Crippen molar-refractivity contribution in [2.24, 2.45) is 11.8 Å². The van der Waals surface area contributed by atoms with E-state index in [1.165, 1.54) is 11.1 Å². The first kappa shape index (κ1) is 19.8. The predicted molar refractivity (Wildman–Crippen MR) is 111 cm³/mol. The Labute approximate surface area is 163 Å². The van der Waals surface area contributed by atoms with E-state index in [2.05, 4.69) is 87.4 Å². The third kappa shape index (κ3) is 4.31. The second-order valence-electron chi connectivity index (χ2n) is 8.58. The van der Waals surface area contributed by atoms with Gasteiger partial charge in [0, 0.05) is 29.8 Å². The standard InChI is InChI=1S/C24H32N2O/c1-16(2)23(27)21-13-18(4)22(19-9-7-6-8-10-19)26-24(21,5)14-20-12-11-17(3)15-25-20/h6-13,15-16,21-23,26-27H,14H2,1-5H3. The Hall–Kier alpha value is -1.97. The molecule has 3 rings (SSSR count). The molecule has 0 aliphatic carbocycles. The summed E-state index contributed by atoms with van der Waals surface area (Å²) in [4.78, 5) is 4.63. The largest absolute Gasteiger partial charge is 0.392 e. The number of aryl methyl sites for hydroxylation is 1. The molecule has 27 heavy (non-hydrogen) atoms. The summed E-state index contributed by atoms with van der Waals surface area (Å²) in [6.07, 6.45) is 4.58. The van der Waals surface area contributed by atoms with Gasteiger partial charge in [-0.3, -0.25) is 4.98 Å². The second-order valence-corrected chi connectivity index (χ2v) is 8.58. The summed E-state index contributed by atoms with van der Waals surface area (Å²) in [7, 11) is 0. The normalized spacial score (nSPS) is 26.7. The molecule has 1 aromatic carbocycles. The third-order valence-electron chi connectivity index (χ3n) is 5.81. The van der Waals surface area contributed by atoms with Gasteiger partial charge in [-0.25, -0.2) is 0 Å². The van der Waals surface area contributed by atoms with E-state index < -0.39 is 6.10 Å². The Bertz CT molecular complexity index is 782. The van der Waals surface area contributed by atoms with Crippen LogP contribution in [-0.4, -0.2) is 21.7 Å². The smallest absolute Gasteiger partial charge is 0.0643 e. The summed E-state index contributed by atoms with van der Waals surface area (Å²) >= 11 is 0. The van der Waals surface area contributed by atoms with E-state index in [0.717, 1.165) is 17.7 Å². The molecule has 3 nitrogen and oxygen atoms in total. The fourth-order valence-corrected chi connectivity index (χ4v) is 4.13. The lowest BCUT2D eigenvalue weighted by atomic mass is 9.70. The van der Waals surface area contributed by atoms with Crippen LogP contribution in [0.1, 0.15) is 50.6 Å². The van der Waals surface area contributed by atoms with E-state index in [9.17, 15) is 5.11 Å². The predicted octanol–water partition coefficient (Wildman–Crippen LogP) is 4.62. The minimum Gasteiger partial charge on any atom is -0.392 e. The van der Waals surface area contributed by atoms with Crippen molar-refractivity contribution >= 4 is 0 Å². The van der Waals surface area contributed by atoms with Gasteiger partial charge in [-0.15, -0.1) is 0 Å². The minimum absolute atomic E-state index is 0.0283. The summed E-state index contributed by atoms with van der Waals surface area (Å²) in [5.74, 6) is 0.222. The molecule has 144 valence electrons. The SMILES string of the molecule is CC1=CC(C(O)C(C)C)C(C)(Cc2ccc(C)cn2)NC1c1ccccc1. The lowest BCUT2D eigenvalue weighted by molar-refractivity contribution is 0.0314. The van der Waals surface area contributed by atoms with Crippen LogP contribution in [0.15, 0.2) is 60.3 Å². The molecule has 4 unspecified atom stereocenters. The Kier molecular flexibility index (Phi) is 5.83. The third-order valence-corrected chi connectivity index (χ3v) is 5.81. The van der Waals surface area contributed by atoms with Crippen molar-refractivity contribution in [3.63, 3.8) is 0 Å². The number of rotatable bonds is 5. The van der Waals surface area contributed by atoms with Gasteiger partial charge in [-0.2, -0.15) is 0 Å². The summed E-state index contributed by atoms with van der Waals surface area (Å²) in [5.41, 5.74) is 4.45. The minimum atomic E-state index is -0.403. The number of aliphatic hydroxyl groups excluding tert-OH is 1. The highest BCUT2D eigenvalue weighted by Gasteiger charge is 2.43. The van der Waals surface area contributed by atoms with Crippen LogP contribution in [0, 0.1) is 18.8 Å². The van der Waals surface area contributed by atoms with Crippen LogP contribution in [0.5, 0.6) is 0 Å². The van der Waals surface area contributed by atoms with Gasteiger partial charge in [0.25, 0.3) is 0 Å². The Morgan fingerprint density at radius 1 is 1.11 bits per heavy atom. The van der Waals surface area contributed by atoms with Crippen molar-refractivity contribution in [3.8, 4) is 0 Å². The Morgan fingerprint density at radius 3 is 2.41 bits per heavy atom. The van der Waals surface area contributed by atoms with Crippen LogP contribution >= 0.6 is 0 Å². The van der Waals surface area contributed by atoms with E-state index in [1.54, 1.807) is 0 Å². The van der Waals surface area contributed by atoms with Gasteiger partial charge in [0.2, 0.25) is 0 Å². The average Bonchev–Trinajstić information content (AvgIpc) is 2.65. The number of benzene rings is 1. The van der Waals surface area contributed by atoms with Crippen LogP contribution in [0.2, 0.25) is 0 Å². The lowest BCUT2D eigenvalue weighted by Gasteiger charge is -2.47. The second kappa shape index (κ2) is 7.95. The van der Waals surface area contributed by atoms with Gasteiger partial charge in [0.1, 0.15) is 0 Å². The molecule has 0 bridgehead atoms. The highest BCUT2D eigenvalue weighted by atomic mass is 16.3. The van der Waals surface area contributed by atoms with Crippen molar-refractivity contribution in [2.45, 2.75) is 58.7 Å². The summed E-state index contributed by atoms with van der Waals surface area (Å²) in [6.45, 7) is 10.6. The first-order valence-electron chi connectivity index (χ1n) is 9.91. The molecule has 4 atom stereocenters. The lowest BCUT2D eigenvalue weighted by Crippen LogP contribution is -2.58. The summed E-state index contributed by atoms with van der Waals surface area (Å²) in [5, 5.41) is 14.9. The summed E-state index contributed by atoms with van der Waals surface area (Å²) in [6, 6.07) is 14.9. The van der Waals surface area contributed by atoms with Gasteiger partial charge < -0.3 is 10.4 Å². The van der Waals surface area contributed by atoms with E-state index in [-0.39, 0.29) is 23.4 Å². The van der Waals surface area contributed by atoms with E-state index in [0.29, 0.717) is 0 Å². The van der Waals surface area contributed by atoms with Crippen molar-refractivity contribution in [3.05, 3.63) is 77.1 Å². The molecule has 3 heteroatoms. The molecule has 0 spiro atoms. The zero-order valence-corrected chi connectivity index (χ0v) is 17.1. The molecular weight excluding hydrogens is 332 g/mol. The first-order valence-corrected chi connectivity index (χ1v) is 9.91. The molecule has 0 saturated heterocycles. The average molecular weight is 365 g/mol. The number of nitrogens with one attached hydrogen (secondary N) is 1. The van der Waals surface area contributed by atoms with Gasteiger partial charge in [0.15, 0.2) is 0 Å². The maximum absolute atomic E-state index is 11.0. The molecular formula is C24H32N2O. The van der Waals surface area contributed by atoms with Crippen LogP contribution < -0.4 is 5.32 Å². The molecule has 2 N–H and O–H groups in total. The number of pyridine rings is 1. The van der Waals surface area contributed by atoms with Crippen LogP contribution in [0.3, 0.4) is 0 Å². The number of hydrogen-bond acceptors (Lipinski definition) is 3. The fourth-order valence-electron chi connectivity index (χ4n) is 4.13. The van der Waals surface area contributed by atoms with E-state index in [1.807, 2.05) is 12.3 Å². The molecule has 0 radical (unpaired) electrons. The molecule has 1 aliphatic rings. The highest BCUT2D eigenvalue weighted by Crippen LogP contribution is 2.39. The number of nitrogens with zero attached hydrogens (tertiary/aromatic N) is 1. The first-order chi connectivity index (χ1) is 12.8. The van der Waals surface area contributed by atoms with Crippen molar-refractivity contribution in [1.82, 2.24) is 10.3 Å². The van der Waals surface area contributed by atoms with Crippen molar-refractivity contribution < 1.29 is 5.11 Å². The molecule has 0 amide bonds. The maximum atomic E-state index is 11.0. The van der Waals surface area contributed by atoms with E-state index in [4.69, 9.17) is 0 Å². The van der Waals surface area contributed by atoms with Gasteiger partial charge in [-0.1, -0.05) is 61.9 Å². The fraction of sp³-hybridized carbons (Fsp3) is 0.458. The monoisotopic (exact) mass is 364 g/mol. The topological polar surface area (TPSA) is 45.2 Å². The molecule has 0 fully saturated rings. The van der Waals surface area contributed by atoms with E-state index >= 15 is 0 Å². The number of aromatic nitrogens is 1. The molecule has 2 heterocycles. The van der Waals surface area contributed by atoms with Crippen LogP contribution in [-0.2, 0) is 6.42 Å². The van der Waals surface area contributed by atoms with Crippen molar-refractivity contribution in [2.75, 3.05) is 0 Å². The van der Waals surface area contributed by atoms with Gasteiger partial charge in [0.05, 0.1) is 12.1 Å². The van der Waals surface area contributed by atoms with Gasteiger partial charge >= 0.3 is 0 Å². The number of aliphatic hydroxyl groups is 1. The maximum Gasteiger partial charge on any atom is 0.0643 e. The van der Waals surface area contributed by atoms with Gasteiger partial charge in [-0.05, 0) is 43.9 Å². The van der Waals surface area contributed by atoms with Crippen LogP contribution in [0.4, 0.5) is 0 Å². The zero-order chi connectivity index (χ0) is 19.6. The van der Waals surface area contributed by atoms with Crippen molar-refractivity contribution in [1.29, 1.82) is 0 Å². The molecule has 1 aliphatic heterocycles. The highest BCUT2D eigenvalue weighted by molar-refractivity contribution is 5.33. The Balaban J connectivity index is 1.99. The van der Waals surface area contributed by atoms with Crippen LogP contribution in [0.25, 0.3) is 0 Å². The Morgan fingerprint density at radius 2 is 1.81 bits per heavy atom. The molecule has 0 saturated carbocycles. The zero-order valence-electron chi connectivity index (χ0n) is 17.1.